The van der Waals surface area contributed by atoms with Gasteiger partial charge in [-0.2, -0.15) is 4.98 Å². The van der Waals surface area contributed by atoms with Crippen LogP contribution < -0.4 is 11.4 Å². The first-order valence-corrected chi connectivity index (χ1v) is 4.87. The summed E-state index contributed by atoms with van der Waals surface area (Å²) >= 11 is 0. The minimum absolute atomic E-state index is 0.196. The van der Waals surface area contributed by atoms with Gasteiger partial charge in [0, 0.05) is 0 Å². The Morgan fingerprint density at radius 1 is 1.47 bits per heavy atom. The molecule has 1 saturated heterocycles. The van der Waals surface area contributed by atoms with Gasteiger partial charge in [0.2, 0.25) is 5.95 Å². The Balaban J connectivity index is 2.32. The Morgan fingerprint density at radius 3 is 2.71 bits per heavy atom. The van der Waals surface area contributed by atoms with Gasteiger partial charge in [-0.3, -0.25) is 4.57 Å². The number of rotatable bonds is 2. The van der Waals surface area contributed by atoms with Crippen molar-refractivity contribution in [2.45, 2.75) is 24.5 Å². The van der Waals surface area contributed by atoms with E-state index in [1.54, 1.807) is 0 Å². The number of nitrogen functional groups attached to an aromatic ring is 1. The summed E-state index contributed by atoms with van der Waals surface area (Å²) in [5, 5.41) is 28.1. The molecule has 5 N–H and O–H groups in total. The van der Waals surface area contributed by atoms with Crippen LogP contribution in [0.15, 0.2) is 11.1 Å². The highest BCUT2D eigenvalue weighted by atomic mass is 16.6. The average molecular weight is 244 g/mol. The Kier molecular flexibility index (Phi) is 3.07. The van der Waals surface area contributed by atoms with E-state index in [9.17, 15) is 15.0 Å². The molecule has 0 radical (unpaired) electrons. The number of nitrogens with zero attached hydrogens (tertiary/aromatic N) is 3. The highest BCUT2D eigenvalue weighted by Crippen LogP contribution is 2.27. The molecule has 0 spiro atoms. The molecule has 1 fully saturated rings. The van der Waals surface area contributed by atoms with E-state index in [-0.39, 0.29) is 5.95 Å². The fourth-order valence-electron chi connectivity index (χ4n) is 1.64. The van der Waals surface area contributed by atoms with Gasteiger partial charge in [0.05, 0.1) is 6.61 Å². The van der Waals surface area contributed by atoms with Gasteiger partial charge in [-0.15, -0.1) is 0 Å². The number of ether oxygens (including phenoxy) is 1. The number of nitrogens with two attached hydrogens (primary N) is 1. The first-order chi connectivity index (χ1) is 8.04. The maximum absolute atomic E-state index is 11.5. The quantitative estimate of drug-likeness (QED) is 0.426. The standard InChI is InChI=1S/C8H12N4O5/c9-7-10-2-12(8(16)11-7)6-5(15)4(14)3(1-13)17-6/h2-6,13-15H,1H2,(H2,9,11,16)/t3-,4+,5+,6-/m1/s1. The van der Waals surface area contributed by atoms with Crippen LogP contribution in [-0.2, 0) is 4.74 Å². The Bertz CT molecular complexity index is 463. The summed E-state index contributed by atoms with van der Waals surface area (Å²) in [6.45, 7) is -0.473. The van der Waals surface area contributed by atoms with Gasteiger partial charge in [0.15, 0.2) is 6.23 Å². The Labute approximate surface area is 95.1 Å². The van der Waals surface area contributed by atoms with Crippen LogP contribution in [0.25, 0.3) is 0 Å². The van der Waals surface area contributed by atoms with Crippen LogP contribution in [-0.4, -0.2) is 54.8 Å². The van der Waals surface area contributed by atoms with Gasteiger partial charge < -0.3 is 25.8 Å². The molecule has 0 amide bonds. The smallest absolute Gasteiger partial charge is 0.354 e. The van der Waals surface area contributed by atoms with Crippen molar-refractivity contribution in [3.05, 3.63) is 16.8 Å². The van der Waals surface area contributed by atoms with Crippen molar-refractivity contribution >= 4 is 5.95 Å². The molecule has 1 aliphatic heterocycles. The summed E-state index contributed by atoms with van der Waals surface area (Å²) in [6, 6.07) is 0. The van der Waals surface area contributed by atoms with Crippen LogP contribution in [0.4, 0.5) is 5.95 Å². The summed E-state index contributed by atoms with van der Waals surface area (Å²) in [6.07, 6.45) is -3.67. The van der Waals surface area contributed by atoms with Crippen molar-refractivity contribution in [2.75, 3.05) is 12.3 Å². The van der Waals surface area contributed by atoms with Crippen LogP contribution >= 0.6 is 0 Å². The van der Waals surface area contributed by atoms with Gasteiger partial charge in [-0.05, 0) is 0 Å². The van der Waals surface area contributed by atoms with Crippen molar-refractivity contribution in [3.63, 3.8) is 0 Å². The molecule has 4 atom stereocenters. The molecule has 1 aliphatic rings. The lowest BCUT2D eigenvalue weighted by Gasteiger charge is -2.16. The summed E-state index contributed by atoms with van der Waals surface area (Å²) in [5.41, 5.74) is 4.46. The fraction of sp³-hybridized carbons (Fsp3) is 0.625. The van der Waals surface area contributed by atoms with E-state index < -0.39 is 36.8 Å². The fourth-order valence-corrected chi connectivity index (χ4v) is 1.64. The van der Waals surface area contributed by atoms with Gasteiger partial charge in [-0.1, -0.05) is 0 Å². The number of hydrogen-bond donors (Lipinski definition) is 4. The van der Waals surface area contributed by atoms with E-state index in [0.29, 0.717) is 0 Å². The summed E-state index contributed by atoms with van der Waals surface area (Å²) in [4.78, 5) is 18.4. The van der Waals surface area contributed by atoms with Crippen molar-refractivity contribution in [2.24, 2.45) is 0 Å². The predicted molar refractivity (Wildman–Crippen MR) is 53.7 cm³/mol. The second kappa shape index (κ2) is 4.37. The molecule has 9 nitrogen and oxygen atoms in total. The predicted octanol–water partition coefficient (Wildman–Crippen LogP) is -3.17. The van der Waals surface area contributed by atoms with E-state index in [2.05, 4.69) is 9.97 Å². The first-order valence-electron chi connectivity index (χ1n) is 4.87. The SMILES string of the molecule is Nc1ncn([C@@H]2O[C@H](CO)[C@H](O)[C@@H]2O)c(=O)n1. The lowest BCUT2D eigenvalue weighted by atomic mass is 10.1. The molecule has 2 rings (SSSR count). The molecule has 0 saturated carbocycles. The lowest BCUT2D eigenvalue weighted by molar-refractivity contribution is -0.0554. The van der Waals surface area contributed by atoms with E-state index in [4.69, 9.17) is 15.6 Å². The molecular weight excluding hydrogens is 232 g/mol. The highest BCUT2D eigenvalue weighted by Gasteiger charge is 2.43. The maximum Gasteiger partial charge on any atom is 0.354 e. The second-order valence-electron chi connectivity index (χ2n) is 3.63. The molecule has 0 aromatic carbocycles. The van der Waals surface area contributed by atoms with E-state index in [0.717, 1.165) is 10.9 Å². The normalized spacial score (nSPS) is 32.9. The molecule has 0 unspecified atom stereocenters. The highest BCUT2D eigenvalue weighted by molar-refractivity contribution is 5.10. The van der Waals surface area contributed by atoms with Crippen molar-refractivity contribution in [1.29, 1.82) is 0 Å². The Morgan fingerprint density at radius 2 is 2.18 bits per heavy atom. The molecule has 9 heteroatoms. The van der Waals surface area contributed by atoms with Crippen molar-refractivity contribution in [3.8, 4) is 0 Å². The monoisotopic (exact) mass is 244 g/mol. The number of aliphatic hydroxyl groups is 3. The largest absolute Gasteiger partial charge is 0.394 e. The van der Waals surface area contributed by atoms with Crippen LogP contribution in [0.2, 0.25) is 0 Å². The summed E-state index contributed by atoms with van der Waals surface area (Å²) < 4.78 is 6.04. The third-order valence-corrected chi connectivity index (χ3v) is 2.54. The molecule has 0 aliphatic carbocycles. The first kappa shape index (κ1) is 11.9. The zero-order valence-electron chi connectivity index (χ0n) is 8.67. The molecule has 94 valence electrons. The molecule has 1 aromatic rings. The third-order valence-electron chi connectivity index (χ3n) is 2.54. The van der Waals surface area contributed by atoms with Crippen LogP contribution in [0.1, 0.15) is 6.23 Å². The van der Waals surface area contributed by atoms with Crippen molar-refractivity contribution in [1.82, 2.24) is 14.5 Å². The minimum Gasteiger partial charge on any atom is -0.394 e. The van der Waals surface area contributed by atoms with Gasteiger partial charge >= 0.3 is 5.69 Å². The summed E-state index contributed by atoms with van der Waals surface area (Å²) in [7, 11) is 0. The number of hydrogen-bond acceptors (Lipinski definition) is 8. The average Bonchev–Trinajstić information content (AvgIpc) is 2.57. The molecule has 2 heterocycles. The van der Waals surface area contributed by atoms with Gasteiger partial charge in [0.25, 0.3) is 0 Å². The lowest BCUT2D eigenvalue weighted by Crippen LogP contribution is -2.36. The number of aliphatic hydroxyl groups excluding tert-OH is 3. The summed E-state index contributed by atoms with van der Waals surface area (Å²) in [5.74, 6) is -0.196. The van der Waals surface area contributed by atoms with Gasteiger partial charge in [0.1, 0.15) is 24.6 Å². The maximum atomic E-state index is 11.5. The number of aromatic nitrogens is 3. The van der Waals surface area contributed by atoms with Gasteiger partial charge in [-0.25, -0.2) is 9.78 Å². The van der Waals surface area contributed by atoms with E-state index >= 15 is 0 Å². The van der Waals surface area contributed by atoms with Crippen LogP contribution in [0, 0.1) is 0 Å². The zero-order valence-corrected chi connectivity index (χ0v) is 8.67. The van der Waals surface area contributed by atoms with Crippen LogP contribution in [0.5, 0.6) is 0 Å². The van der Waals surface area contributed by atoms with Crippen molar-refractivity contribution < 1.29 is 20.1 Å². The minimum atomic E-state index is -1.35. The second-order valence-corrected chi connectivity index (χ2v) is 3.63. The number of anilines is 1. The Hall–Kier alpha value is -1.55. The van der Waals surface area contributed by atoms with E-state index in [1.165, 1.54) is 0 Å². The molecule has 1 aromatic heterocycles. The topological polar surface area (TPSA) is 144 Å². The molecule has 0 bridgehead atoms. The zero-order chi connectivity index (χ0) is 12.6. The molecule has 17 heavy (non-hydrogen) atoms. The van der Waals surface area contributed by atoms with Crippen LogP contribution in [0.3, 0.4) is 0 Å². The third kappa shape index (κ3) is 2.00. The molecular formula is C8H12N4O5. The van der Waals surface area contributed by atoms with E-state index in [1.807, 2.05) is 0 Å².